The second-order valence-corrected chi connectivity index (χ2v) is 14.4. The maximum Gasteiger partial charge on any atom is 0.358 e. The van der Waals surface area contributed by atoms with E-state index >= 15 is 0 Å². The van der Waals surface area contributed by atoms with Crippen molar-refractivity contribution in [2.45, 2.75) is 78.5 Å². The van der Waals surface area contributed by atoms with Gasteiger partial charge in [-0.1, -0.05) is 36.3 Å². The van der Waals surface area contributed by atoms with Crippen LogP contribution in [0.3, 0.4) is 0 Å². The monoisotopic (exact) mass is 649 g/mol. The van der Waals surface area contributed by atoms with Crippen molar-refractivity contribution in [1.29, 1.82) is 0 Å². The van der Waals surface area contributed by atoms with Crippen LogP contribution >= 0.6 is 11.3 Å². The third kappa shape index (κ3) is 6.49. The summed E-state index contributed by atoms with van der Waals surface area (Å²) in [6.07, 6.45) is 9.32. The SMILES string of the molecule is Cc1c(-c2ccc(N3CCc4cccc(C(=O)Nc5nc6cccnc6s5)c4C3)nc2C(=O)OC(C)(C)C)cnn1CC1CCCC1. The Hall–Kier alpha value is -4.64. The van der Waals surface area contributed by atoms with Crippen LogP contribution in [0, 0.1) is 12.8 Å². The molecule has 0 unspecified atom stereocenters. The molecule has 1 N–H and O–H groups in total. The topological polar surface area (TPSA) is 115 Å². The average molecular weight is 650 g/mol. The number of amides is 1. The summed E-state index contributed by atoms with van der Waals surface area (Å²) in [5, 5.41) is 8.21. The van der Waals surface area contributed by atoms with Gasteiger partial charge in [-0.15, -0.1) is 0 Å². The summed E-state index contributed by atoms with van der Waals surface area (Å²) < 4.78 is 7.92. The van der Waals surface area contributed by atoms with Crippen LogP contribution in [-0.4, -0.2) is 48.8 Å². The number of nitrogens with one attached hydrogen (secondary N) is 1. The van der Waals surface area contributed by atoms with Crippen molar-refractivity contribution in [2.24, 2.45) is 5.92 Å². The molecule has 0 spiro atoms. The maximum atomic E-state index is 13.7. The van der Waals surface area contributed by atoms with Crippen LogP contribution in [0.25, 0.3) is 21.5 Å². The van der Waals surface area contributed by atoms with E-state index in [-0.39, 0.29) is 11.6 Å². The zero-order chi connectivity index (χ0) is 32.7. The zero-order valence-electron chi connectivity index (χ0n) is 27.2. The molecule has 1 saturated carbocycles. The average Bonchev–Trinajstić information content (AvgIpc) is 3.80. The van der Waals surface area contributed by atoms with Crippen molar-refractivity contribution in [3.8, 4) is 11.1 Å². The van der Waals surface area contributed by atoms with Crippen LogP contribution in [0.2, 0.25) is 0 Å². The molecular weight excluding hydrogens is 611 g/mol. The number of esters is 1. The number of carbonyl (C=O) groups excluding carboxylic acids is 2. The number of benzene rings is 1. The molecule has 47 heavy (non-hydrogen) atoms. The Morgan fingerprint density at radius 3 is 2.66 bits per heavy atom. The molecule has 1 aliphatic heterocycles. The van der Waals surface area contributed by atoms with Gasteiger partial charge in [-0.05, 0) is 94.3 Å². The Labute approximate surface area is 278 Å². The Balaban J connectivity index is 1.18. The van der Waals surface area contributed by atoms with E-state index in [1.807, 2.05) is 63.4 Å². The standard InChI is InChI=1S/C36H39N7O3S/c1-22-27(19-38-43(22)20-23-9-5-6-10-23)25-14-15-30(40-31(25)34(45)46-36(2,3)4)42-18-16-24-11-7-12-26(28(24)21-42)32(44)41-35-39-29-13-8-17-37-33(29)47-35/h7-8,11-15,17,19,23H,5-6,9-10,16,18,20-21H2,1-4H3,(H,39,41,44). The molecule has 0 saturated heterocycles. The van der Waals surface area contributed by atoms with Crippen molar-refractivity contribution < 1.29 is 14.3 Å². The molecular formula is C36H39N7O3S. The van der Waals surface area contributed by atoms with Gasteiger partial charge in [-0.2, -0.15) is 5.10 Å². The lowest BCUT2D eigenvalue weighted by molar-refractivity contribution is 0.00638. The van der Waals surface area contributed by atoms with Crippen LogP contribution in [0.5, 0.6) is 0 Å². The third-order valence-electron chi connectivity index (χ3n) is 9.00. The first-order valence-corrected chi connectivity index (χ1v) is 17.1. The number of hydrogen-bond donors (Lipinski definition) is 1. The Morgan fingerprint density at radius 1 is 1.04 bits per heavy atom. The number of nitrogens with zero attached hydrogens (tertiary/aromatic N) is 6. The molecule has 242 valence electrons. The number of anilines is 2. The number of hydrogen-bond acceptors (Lipinski definition) is 9. The maximum absolute atomic E-state index is 13.7. The van der Waals surface area contributed by atoms with Gasteiger partial charge in [0.25, 0.3) is 5.91 Å². The molecule has 4 aromatic heterocycles. The van der Waals surface area contributed by atoms with E-state index in [9.17, 15) is 9.59 Å². The lowest BCUT2D eigenvalue weighted by atomic mass is 9.94. The fourth-order valence-corrected chi connectivity index (χ4v) is 7.44. The molecule has 1 fully saturated rings. The molecule has 10 nitrogen and oxygen atoms in total. The summed E-state index contributed by atoms with van der Waals surface area (Å²) >= 11 is 1.35. The highest BCUT2D eigenvalue weighted by molar-refractivity contribution is 7.21. The number of fused-ring (bicyclic) bond motifs is 2. The van der Waals surface area contributed by atoms with E-state index in [1.165, 1.54) is 37.0 Å². The fourth-order valence-electron chi connectivity index (χ4n) is 6.63. The second-order valence-electron chi connectivity index (χ2n) is 13.5. The van der Waals surface area contributed by atoms with E-state index in [0.29, 0.717) is 41.1 Å². The first-order chi connectivity index (χ1) is 22.6. The first kappa shape index (κ1) is 31.0. The predicted molar refractivity (Wildman–Crippen MR) is 184 cm³/mol. The normalized spacial score (nSPS) is 15.2. The van der Waals surface area contributed by atoms with Gasteiger partial charge >= 0.3 is 5.97 Å². The van der Waals surface area contributed by atoms with Gasteiger partial charge in [-0.3, -0.25) is 14.8 Å². The van der Waals surface area contributed by atoms with Crippen LogP contribution in [-0.2, 0) is 24.2 Å². The van der Waals surface area contributed by atoms with Gasteiger partial charge < -0.3 is 9.64 Å². The Kier molecular flexibility index (Phi) is 8.25. The minimum absolute atomic E-state index is 0.217. The molecule has 5 aromatic rings. The number of thiazole rings is 1. The number of carbonyl (C=O) groups is 2. The molecule has 2 aliphatic rings. The number of ether oxygens (including phenoxy) is 1. The van der Waals surface area contributed by atoms with Crippen molar-refractivity contribution in [3.05, 3.63) is 82.9 Å². The first-order valence-electron chi connectivity index (χ1n) is 16.3. The van der Waals surface area contributed by atoms with Gasteiger partial charge in [0, 0.05) is 48.2 Å². The summed E-state index contributed by atoms with van der Waals surface area (Å²) in [4.78, 5) is 43.9. The quantitative estimate of drug-likeness (QED) is 0.184. The number of rotatable bonds is 7. The minimum Gasteiger partial charge on any atom is -0.455 e. The predicted octanol–water partition coefficient (Wildman–Crippen LogP) is 7.22. The summed E-state index contributed by atoms with van der Waals surface area (Å²) in [5.74, 6) is 0.605. The number of aromatic nitrogens is 5. The van der Waals surface area contributed by atoms with E-state index < -0.39 is 11.6 Å². The fraction of sp³-hybridized carbons (Fsp3) is 0.389. The smallest absolute Gasteiger partial charge is 0.358 e. The summed E-state index contributed by atoms with van der Waals surface area (Å²) in [6, 6.07) is 13.5. The van der Waals surface area contributed by atoms with Crippen LogP contribution in [0.1, 0.15) is 84.1 Å². The Bertz CT molecular complexity index is 1940. The molecule has 7 rings (SSSR count). The summed E-state index contributed by atoms with van der Waals surface area (Å²) in [5.41, 5.74) is 5.59. The van der Waals surface area contributed by atoms with Crippen molar-refractivity contribution in [1.82, 2.24) is 24.7 Å². The molecule has 11 heteroatoms. The van der Waals surface area contributed by atoms with Gasteiger partial charge in [0.1, 0.15) is 21.8 Å². The van der Waals surface area contributed by atoms with Crippen molar-refractivity contribution in [3.63, 3.8) is 0 Å². The largest absolute Gasteiger partial charge is 0.455 e. The van der Waals surface area contributed by atoms with Gasteiger partial charge in [0.2, 0.25) is 0 Å². The lowest BCUT2D eigenvalue weighted by Gasteiger charge is -2.31. The zero-order valence-corrected chi connectivity index (χ0v) is 28.1. The number of pyridine rings is 2. The second kappa shape index (κ2) is 12.5. The van der Waals surface area contributed by atoms with Crippen molar-refractivity contribution in [2.75, 3.05) is 16.8 Å². The Morgan fingerprint density at radius 2 is 1.87 bits per heavy atom. The van der Waals surface area contributed by atoms with E-state index in [4.69, 9.17) is 14.8 Å². The van der Waals surface area contributed by atoms with E-state index in [1.54, 1.807) is 6.20 Å². The van der Waals surface area contributed by atoms with Crippen molar-refractivity contribution >= 4 is 44.5 Å². The van der Waals surface area contributed by atoms with Crippen LogP contribution in [0.4, 0.5) is 10.9 Å². The third-order valence-corrected chi connectivity index (χ3v) is 9.90. The molecule has 1 aliphatic carbocycles. The van der Waals surface area contributed by atoms with Gasteiger partial charge in [-0.25, -0.2) is 19.7 Å². The highest BCUT2D eigenvalue weighted by atomic mass is 32.1. The molecule has 0 atom stereocenters. The van der Waals surface area contributed by atoms with E-state index in [0.717, 1.165) is 45.7 Å². The van der Waals surface area contributed by atoms with Crippen LogP contribution < -0.4 is 10.2 Å². The molecule has 0 bridgehead atoms. The summed E-state index contributed by atoms with van der Waals surface area (Å²) in [7, 11) is 0. The molecule has 1 aromatic carbocycles. The minimum atomic E-state index is -0.681. The lowest BCUT2D eigenvalue weighted by Crippen LogP contribution is -2.33. The summed E-state index contributed by atoms with van der Waals surface area (Å²) in [6.45, 7) is 9.69. The van der Waals surface area contributed by atoms with E-state index in [2.05, 4.69) is 37.9 Å². The van der Waals surface area contributed by atoms with Gasteiger partial charge in [0.15, 0.2) is 10.8 Å². The molecule has 1 amide bonds. The van der Waals surface area contributed by atoms with Crippen LogP contribution in [0.15, 0.2) is 54.9 Å². The van der Waals surface area contributed by atoms with Gasteiger partial charge in [0.05, 0.1) is 6.20 Å². The highest BCUT2D eigenvalue weighted by Gasteiger charge is 2.28. The highest BCUT2D eigenvalue weighted by Crippen LogP contribution is 2.34. The molecule has 0 radical (unpaired) electrons. The molecule has 5 heterocycles.